The van der Waals surface area contributed by atoms with E-state index >= 15 is 0 Å². The monoisotopic (exact) mass is 852 g/mol. The van der Waals surface area contributed by atoms with Crippen LogP contribution in [0.25, 0.3) is 21.5 Å². The predicted octanol–water partition coefficient (Wildman–Crippen LogP) is 6.26. The fourth-order valence-corrected chi connectivity index (χ4v) is 8.87. The fraction of sp³-hybridized carbons (Fsp3) is 0.312. The van der Waals surface area contributed by atoms with Crippen molar-refractivity contribution in [1.29, 1.82) is 0 Å². The Morgan fingerprint density at radius 3 is 1.49 bits per heavy atom. The molecular weight excluding hydrogens is 805 g/mol. The lowest BCUT2D eigenvalue weighted by Gasteiger charge is -2.19. The highest BCUT2D eigenvalue weighted by atomic mass is 16.6. The molecule has 4 fully saturated rings. The Labute approximate surface area is 361 Å². The number of ether oxygens (including phenoxy) is 1. The van der Waals surface area contributed by atoms with Crippen molar-refractivity contribution in [3.63, 3.8) is 0 Å². The maximum atomic E-state index is 12.9. The molecule has 2 saturated heterocycles. The van der Waals surface area contributed by atoms with Gasteiger partial charge < -0.3 is 15.6 Å². The van der Waals surface area contributed by atoms with Gasteiger partial charge in [-0.1, -0.05) is 86.3 Å². The van der Waals surface area contributed by atoms with Crippen LogP contribution in [0, 0.1) is 23.7 Å². The van der Waals surface area contributed by atoms with Crippen LogP contribution in [-0.2, 0) is 41.6 Å². The predicted molar refractivity (Wildman–Crippen MR) is 235 cm³/mol. The van der Waals surface area contributed by atoms with E-state index in [-0.39, 0.29) is 58.5 Å². The summed E-state index contributed by atoms with van der Waals surface area (Å²) in [5.41, 5.74) is 10.4. The summed E-state index contributed by atoms with van der Waals surface area (Å²) in [5, 5.41) is 23.9. The van der Waals surface area contributed by atoms with Crippen LogP contribution < -0.4 is 21.8 Å². The number of H-pyrrole nitrogens is 2. The number of carboxylic acid groups (broad SMARTS) is 1. The summed E-state index contributed by atoms with van der Waals surface area (Å²) in [6.07, 6.45) is 8.57. The number of amides is 2. The van der Waals surface area contributed by atoms with Crippen molar-refractivity contribution in [3.05, 3.63) is 140 Å². The fourth-order valence-electron chi connectivity index (χ4n) is 8.87. The second-order valence-corrected chi connectivity index (χ2v) is 16.1. The van der Waals surface area contributed by atoms with Crippen LogP contribution in [0.3, 0.4) is 0 Å². The first kappa shape index (κ1) is 43.8. The van der Waals surface area contributed by atoms with Crippen molar-refractivity contribution >= 4 is 62.6 Å². The number of carbonyl (C=O) groups is 5. The van der Waals surface area contributed by atoms with Crippen LogP contribution in [0.4, 0.5) is 11.4 Å². The summed E-state index contributed by atoms with van der Waals surface area (Å²) in [7, 11) is 0. The SMILES string of the molecule is CC(=O)O.Nc1cccc(Cc2n[nH]c(=O)c3ccccc23)c1.O=C1C2CCCCC2C(=O)N1c1cccc(Cc2n[nH]c(=O)c3ccccc23)c1.O=C1OC(=O)C2CCCCC12. The second-order valence-electron chi connectivity index (χ2n) is 16.1. The van der Waals surface area contributed by atoms with E-state index in [1.807, 2.05) is 84.9 Å². The maximum Gasteiger partial charge on any atom is 0.317 e. The smallest absolute Gasteiger partial charge is 0.317 e. The number of aromatic amines is 2. The van der Waals surface area contributed by atoms with Crippen molar-refractivity contribution in [2.75, 3.05) is 10.6 Å². The Hall–Kier alpha value is -7.29. The average molecular weight is 853 g/mol. The van der Waals surface area contributed by atoms with Crippen molar-refractivity contribution in [1.82, 2.24) is 20.4 Å². The van der Waals surface area contributed by atoms with Crippen LogP contribution >= 0.6 is 0 Å². The van der Waals surface area contributed by atoms with Gasteiger partial charge in [-0.2, -0.15) is 10.2 Å². The van der Waals surface area contributed by atoms with Crippen molar-refractivity contribution in [3.8, 4) is 0 Å². The van der Waals surface area contributed by atoms with Gasteiger partial charge in [0.05, 0.1) is 51.5 Å². The third-order valence-corrected chi connectivity index (χ3v) is 11.8. The van der Waals surface area contributed by atoms with Gasteiger partial charge in [-0.05, 0) is 73.2 Å². The molecule has 0 bridgehead atoms. The van der Waals surface area contributed by atoms with E-state index in [2.05, 4.69) is 25.1 Å². The summed E-state index contributed by atoms with van der Waals surface area (Å²) in [4.78, 5) is 81.8. The first-order valence-electron chi connectivity index (χ1n) is 21.1. The first-order chi connectivity index (χ1) is 30.4. The number of nitrogen functional groups attached to an aromatic ring is 1. The van der Waals surface area contributed by atoms with E-state index in [9.17, 15) is 28.8 Å². The van der Waals surface area contributed by atoms with E-state index in [4.69, 9.17) is 15.6 Å². The number of fused-ring (bicyclic) bond motifs is 4. The number of nitrogens with one attached hydrogen (secondary N) is 2. The number of benzene rings is 4. The molecular formula is C48H48N6O9. The van der Waals surface area contributed by atoms with E-state index in [1.54, 1.807) is 12.1 Å². The highest BCUT2D eigenvalue weighted by molar-refractivity contribution is 6.22. The molecule has 6 aromatic rings. The number of nitrogens with two attached hydrogens (primary N) is 1. The van der Waals surface area contributed by atoms with Crippen LogP contribution in [-0.4, -0.2) is 55.2 Å². The number of esters is 2. The van der Waals surface area contributed by atoms with Gasteiger partial charge in [-0.25, -0.2) is 10.2 Å². The average Bonchev–Trinajstić information content (AvgIpc) is 3.72. The molecule has 5 N–H and O–H groups in total. The Bertz CT molecular complexity index is 2770. The molecule has 2 aliphatic carbocycles. The molecule has 2 saturated carbocycles. The summed E-state index contributed by atoms with van der Waals surface area (Å²) in [6, 6.07) is 30.0. The lowest BCUT2D eigenvalue weighted by atomic mass is 9.81. The number of aliphatic carboxylic acids is 1. The van der Waals surface area contributed by atoms with E-state index in [0.717, 1.165) is 97.3 Å². The van der Waals surface area contributed by atoms with E-state index < -0.39 is 5.97 Å². The third kappa shape index (κ3) is 10.1. The van der Waals surface area contributed by atoms with Gasteiger partial charge in [0.15, 0.2) is 0 Å². The molecule has 324 valence electrons. The molecule has 4 heterocycles. The molecule has 2 aliphatic heterocycles. The molecule has 4 atom stereocenters. The molecule has 2 amide bonds. The summed E-state index contributed by atoms with van der Waals surface area (Å²) < 4.78 is 4.53. The Kier molecular flexibility index (Phi) is 13.6. The highest BCUT2D eigenvalue weighted by Gasteiger charge is 2.49. The van der Waals surface area contributed by atoms with Gasteiger partial charge in [0, 0.05) is 36.2 Å². The zero-order chi connectivity index (χ0) is 44.6. The van der Waals surface area contributed by atoms with Crippen molar-refractivity contribution < 1.29 is 33.8 Å². The summed E-state index contributed by atoms with van der Waals surface area (Å²) >= 11 is 0. The molecule has 4 unspecified atom stereocenters. The molecule has 0 radical (unpaired) electrons. The zero-order valence-electron chi connectivity index (χ0n) is 34.8. The molecule has 10 rings (SSSR count). The van der Waals surface area contributed by atoms with Gasteiger partial charge in [0.25, 0.3) is 17.1 Å². The minimum absolute atomic E-state index is 0.0653. The number of rotatable bonds is 5. The largest absolute Gasteiger partial charge is 0.481 e. The number of nitrogens with zero attached hydrogens (tertiary/aromatic N) is 3. The molecule has 2 aromatic heterocycles. The molecule has 63 heavy (non-hydrogen) atoms. The third-order valence-electron chi connectivity index (χ3n) is 11.8. The topological polar surface area (TPSA) is 236 Å². The van der Waals surface area contributed by atoms with Crippen LogP contribution in [0.15, 0.2) is 107 Å². The Balaban J connectivity index is 0.000000149. The van der Waals surface area contributed by atoms with Gasteiger partial charge in [-0.15, -0.1) is 0 Å². The number of aromatic nitrogens is 4. The van der Waals surface area contributed by atoms with E-state index in [1.165, 1.54) is 4.90 Å². The lowest BCUT2D eigenvalue weighted by molar-refractivity contribution is -0.154. The minimum atomic E-state index is -0.833. The van der Waals surface area contributed by atoms with Gasteiger partial charge in [0.1, 0.15) is 0 Å². The first-order valence-corrected chi connectivity index (χ1v) is 21.1. The Morgan fingerprint density at radius 2 is 1.03 bits per heavy atom. The number of imide groups is 1. The molecule has 4 aliphatic rings. The highest BCUT2D eigenvalue weighted by Crippen LogP contribution is 2.40. The maximum absolute atomic E-state index is 12.9. The van der Waals surface area contributed by atoms with Crippen LogP contribution in [0.2, 0.25) is 0 Å². The number of carboxylic acids is 1. The van der Waals surface area contributed by atoms with E-state index in [0.29, 0.717) is 29.3 Å². The molecule has 15 nitrogen and oxygen atoms in total. The zero-order valence-corrected chi connectivity index (χ0v) is 34.8. The quantitative estimate of drug-likeness (QED) is 0.0652. The van der Waals surface area contributed by atoms with Gasteiger partial charge in [0.2, 0.25) is 11.8 Å². The number of cyclic esters (lactones) is 2. The van der Waals surface area contributed by atoms with Crippen LogP contribution in [0.5, 0.6) is 0 Å². The second kappa shape index (κ2) is 19.6. The van der Waals surface area contributed by atoms with Gasteiger partial charge >= 0.3 is 11.9 Å². The standard InChI is InChI=1S/C23H21N3O3.C15H13N3O.C8H10O3.C2H4O2/c27-21-17-9-2-1-8-16(17)20(24-25-21)13-14-6-5-7-15(12-14)26-22(28)18-10-3-4-11-19(18)23(26)29;16-11-5-3-4-10(8-11)9-14-12-6-1-2-7-13(12)15(19)18-17-14;9-7-5-3-1-2-4-6(5)8(10)11-7;1-2(3)4/h1-2,5-9,12,18-19H,3-4,10-11,13H2,(H,25,27);1-8H,9,16H2,(H,18,19);5-6H,1-4H2;1H3,(H,3,4). The number of anilines is 2. The molecule has 15 heteroatoms. The lowest BCUT2D eigenvalue weighted by Crippen LogP contribution is -2.30. The molecule has 0 spiro atoms. The van der Waals surface area contributed by atoms with Crippen molar-refractivity contribution in [2.45, 2.75) is 71.1 Å². The minimum Gasteiger partial charge on any atom is -0.481 e. The summed E-state index contributed by atoms with van der Waals surface area (Å²) in [6.45, 7) is 1.08. The van der Waals surface area contributed by atoms with Crippen molar-refractivity contribution in [2.24, 2.45) is 23.7 Å². The number of hydrogen-bond donors (Lipinski definition) is 4. The number of carbonyl (C=O) groups excluding carboxylic acids is 4. The normalized spacial score (nSPS) is 20.0. The van der Waals surface area contributed by atoms with Crippen LogP contribution in [0.1, 0.15) is 80.8 Å². The Morgan fingerprint density at radius 1 is 0.619 bits per heavy atom. The molecule has 4 aromatic carbocycles. The summed E-state index contributed by atoms with van der Waals surface area (Å²) in [5.74, 6) is -2.07. The number of hydrogen-bond acceptors (Lipinski definition) is 11. The van der Waals surface area contributed by atoms with Gasteiger partial charge in [-0.3, -0.25) is 38.5 Å².